The lowest BCUT2D eigenvalue weighted by molar-refractivity contribution is -1.03. The summed E-state index contributed by atoms with van der Waals surface area (Å²) < 4.78 is 11.9. The van der Waals surface area contributed by atoms with Crippen molar-refractivity contribution in [3.05, 3.63) is 41.5 Å². The molecule has 6 aliphatic heterocycles. The van der Waals surface area contributed by atoms with Gasteiger partial charge in [0.25, 0.3) is 0 Å². The monoisotopic (exact) mass is 850 g/mol. The number of benzene rings is 1. The van der Waals surface area contributed by atoms with Gasteiger partial charge in [0.05, 0.1) is 40.2 Å². The maximum Gasteiger partial charge on any atom is 0.362 e. The molecule has 5 aliphatic carbocycles. The van der Waals surface area contributed by atoms with Crippen molar-refractivity contribution in [1.29, 1.82) is 0 Å². The highest BCUT2D eigenvalue weighted by atomic mass is 79.9. The first kappa shape index (κ1) is 38.8. The SMILES string of the molecule is CC[C@H]1C2C[C@H]3[C@@H]4N(C)c5ccccc5C45C[C@@H](C2[C@H]5O)[N@@+]3(CC(=O)O[C@H]2CC[C@]3(C=O)[C@H]4CC[C@]5(C)[C@@H](C6=CC(=O)OC6)CC[C@]5(O)[C@@H]4CC[C@]3(O)C2)[C@@H]1O.[Br-]. The molecule has 6 heterocycles. The van der Waals surface area contributed by atoms with Crippen molar-refractivity contribution in [2.45, 2.75) is 144 Å². The maximum atomic E-state index is 14.5. The molecular formula is C45H59BrN2O9. The zero-order valence-electron chi connectivity index (χ0n) is 33.4. The van der Waals surface area contributed by atoms with Crippen LogP contribution in [-0.4, -0.2) is 111 Å². The second-order valence-electron chi connectivity index (χ2n) is 20.6. The molecule has 0 radical (unpaired) electrons. The lowest BCUT2D eigenvalue weighted by Crippen LogP contribution is -3.00. The number of hydrogen-bond donors (Lipinski definition) is 4. The molecule has 3 unspecified atom stereocenters. The molecule has 1 spiro atoms. The summed E-state index contributed by atoms with van der Waals surface area (Å²) in [6.07, 6.45) is 7.72. The lowest BCUT2D eigenvalue weighted by Gasteiger charge is -2.67. The summed E-state index contributed by atoms with van der Waals surface area (Å²) in [6, 6.07) is 8.28. The van der Waals surface area contributed by atoms with E-state index in [4.69, 9.17) is 9.47 Å². The molecule has 11 aliphatic rings. The van der Waals surface area contributed by atoms with Crippen LogP contribution in [0.15, 0.2) is 35.9 Å². The van der Waals surface area contributed by atoms with Crippen LogP contribution in [-0.2, 0) is 29.3 Å². The summed E-state index contributed by atoms with van der Waals surface area (Å²) >= 11 is 0. The Morgan fingerprint density at radius 3 is 2.54 bits per heavy atom. The van der Waals surface area contributed by atoms with Gasteiger partial charge in [0.2, 0.25) is 0 Å². The van der Waals surface area contributed by atoms with Gasteiger partial charge >= 0.3 is 11.9 Å². The number of nitrogens with zero attached hydrogens (tertiary/aromatic N) is 2. The first-order chi connectivity index (χ1) is 26.7. The number of aliphatic hydroxyl groups is 4. The number of rotatable bonds is 6. The number of esters is 2. The van der Waals surface area contributed by atoms with Gasteiger partial charge in [-0.3, -0.25) is 4.48 Å². The lowest BCUT2D eigenvalue weighted by atomic mass is 9.41. The number of aldehydes is 1. The third-order valence-electron chi connectivity index (χ3n) is 19.6. The quantitative estimate of drug-likeness (QED) is 0.181. The largest absolute Gasteiger partial charge is 1.00 e. The van der Waals surface area contributed by atoms with Gasteiger partial charge in [-0.15, -0.1) is 0 Å². The summed E-state index contributed by atoms with van der Waals surface area (Å²) in [5, 5.41) is 50.1. The number of carbonyl (C=O) groups excluding carboxylic acids is 3. The normalized spacial score (nSPS) is 53.1. The van der Waals surface area contributed by atoms with Crippen LogP contribution in [0.4, 0.5) is 5.69 Å². The number of likely N-dealkylation sites (N-methyl/N-ethyl adjacent to an activating group) is 1. The molecule has 5 bridgehead atoms. The Morgan fingerprint density at radius 2 is 1.81 bits per heavy atom. The summed E-state index contributed by atoms with van der Waals surface area (Å²) in [5.41, 5.74) is -1.04. The Balaban J connectivity index is 0.00000396. The molecule has 0 aromatic heterocycles. The van der Waals surface area contributed by atoms with Crippen LogP contribution in [0, 0.1) is 46.3 Å². The highest BCUT2D eigenvalue weighted by Crippen LogP contribution is 2.73. The van der Waals surface area contributed by atoms with Crippen LogP contribution in [0.2, 0.25) is 0 Å². The Hall–Kier alpha value is -2.35. The van der Waals surface area contributed by atoms with Gasteiger partial charge in [0, 0.05) is 55.3 Å². The zero-order valence-corrected chi connectivity index (χ0v) is 35.0. The zero-order chi connectivity index (χ0) is 38.9. The van der Waals surface area contributed by atoms with Gasteiger partial charge in [0.15, 0.2) is 12.8 Å². The molecule has 4 saturated heterocycles. The van der Waals surface area contributed by atoms with E-state index in [0.29, 0.717) is 44.9 Å². The molecule has 0 amide bonds. The first-order valence-corrected chi connectivity index (χ1v) is 21.8. The second kappa shape index (κ2) is 12.4. The standard InChI is InChI=1S/C45H59N2O9.BrH/c1-4-26-27-18-33-38-44(31-7-5-6-8-32(31)46(38)3)20-34(37(27)39(44)51)47(33,40(26)52)21-36(50)56-25-9-14-42(23-48)29-10-13-41(2)28(24-17-35(49)55-22-24)12-16-45(41,54)30(29)11-15-43(42,53)19-25;/h5-8,17,23,25-30,33-34,37-40,51-54H,4,9-16,18-22H2,1-3H3;1H/q+1;/p-1/t25-,26-,27?,28+,29-,30+,33-,34-,37?,38-,39+,40+,41+,42-,43-,44?,45-,47-;/m0./s1. The van der Waals surface area contributed by atoms with Gasteiger partial charge in [0.1, 0.15) is 25.0 Å². The second-order valence-corrected chi connectivity index (χ2v) is 20.6. The van der Waals surface area contributed by atoms with Gasteiger partial charge in [-0.2, -0.15) is 0 Å². The molecule has 310 valence electrons. The van der Waals surface area contributed by atoms with E-state index < -0.39 is 45.9 Å². The van der Waals surface area contributed by atoms with Gasteiger partial charge in [-0.05, 0) is 98.7 Å². The van der Waals surface area contributed by atoms with Crippen molar-refractivity contribution in [1.82, 2.24) is 0 Å². The van der Waals surface area contributed by atoms with Gasteiger partial charge < -0.3 is 56.6 Å². The number of para-hydroxylation sites is 1. The van der Waals surface area contributed by atoms with E-state index >= 15 is 0 Å². The number of cyclic esters (lactones) is 1. The van der Waals surface area contributed by atoms with Crippen LogP contribution < -0.4 is 21.9 Å². The Kier molecular flexibility index (Phi) is 8.43. The minimum atomic E-state index is -1.37. The fraction of sp³-hybridized carbons (Fsp3) is 0.756. The minimum absolute atomic E-state index is 0. The smallest absolute Gasteiger partial charge is 0.362 e. The van der Waals surface area contributed by atoms with Crippen LogP contribution in [0.5, 0.6) is 0 Å². The molecule has 18 atom stereocenters. The topological polar surface area (TPSA) is 154 Å². The first-order valence-electron chi connectivity index (χ1n) is 21.8. The molecule has 5 saturated carbocycles. The van der Waals surface area contributed by atoms with Crippen molar-refractivity contribution < 1.29 is 65.7 Å². The van der Waals surface area contributed by atoms with Crippen LogP contribution in [0.25, 0.3) is 0 Å². The Bertz CT molecular complexity index is 1950. The highest BCUT2D eigenvalue weighted by molar-refractivity contribution is 5.85. The third kappa shape index (κ3) is 4.34. The van der Waals surface area contributed by atoms with Crippen LogP contribution in [0.1, 0.15) is 96.5 Å². The van der Waals surface area contributed by atoms with Crippen LogP contribution in [0.3, 0.4) is 0 Å². The summed E-state index contributed by atoms with van der Waals surface area (Å²) in [5.74, 6) is -0.852. The summed E-state index contributed by atoms with van der Waals surface area (Å²) in [7, 11) is 2.11. The van der Waals surface area contributed by atoms with E-state index in [2.05, 4.69) is 44.0 Å². The van der Waals surface area contributed by atoms with E-state index in [-0.39, 0.29) is 107 Å². The van der Waals surface area contributed by atoms with Crippen molar-refractivity contribution in [3.63, 3.8) is 0 Å². The van der Waals surface area contributed by atoms with Crippen molar-refractivity contribution >= 4 is 23.9 Å². The van der Waals surface area contributed by atoms with E-state index in [1.165, 1.54) is 5.56 Å². The predicted molar refractivity (Wildman–Crippen MR) is 202 cm³/mol. The molecule has 1 aromatic carbocycles. The van der Waals surface area contributed by atoms with E-state index in [1.807, 2.05) is 6.07 Å². The Labute approximate surface area is 345 Å². The maximum absolute atomic E-state index is 14.5. The fourth-order valence-corrected chi connectivity index (χ4v) is 17.6. The number of quaternary nitrogens is 1. The number of piperidine rings is 4. The average molecular weight is 852 g/mol. The van der Waals surface area contributed by atoms with Crippen molar-refractivity contribution in [2.75, 3.05) is 25.1 Å². The van der Waals surface area contributed by atoms with Gasteiger partial charge in [-0.1, -0.05) is 32.0 Å². The number of carbonyl (C=O) groups is 3. The minimum Gasteiger partial charge on any atom is -1.00 e. The molecule has 4 N–H and O–H groups in total. The molecular weight excluding hydrogens is 792 g/mol. The number of halogens is 1. The number of ether oxygens (including phenoxy) is 2. The number of fused-ring (bicyclic) bond motifs is 7. The molecule has 1 aromatic rings. The van der Waals surface area contributed by atoms with Crippen LogP contribution >= 0.6 is 0 Å². The molecule has 12 heteroatoms. The highest BCUT2D eigenvalue weighted by Gasteiger charge is 2.83. The van der Waals surface area contributed by atoms with E-state index in [9.17, 15) is 34.8 Å². The van der Waals surface area contributed by atoms with E-state index in [1.54, 1.807) is 6.08 Å². The molecule has 9 fully saturated rings. The Morgan fingerprint density at radius 1 is 1.04 bits per heavy atom. The third-order valence-corrected chi connectivity index (χ3v) is 19.6. The van der Waals surface area contributed by atoms with E-state index in [0.717, 1.165) is 43.2 Å². The van der Waals surface area contributed by atoms with Crippen molar-refractivity contribution in [2.24, 2.45) is 46.3 Å². The van der Waals surface area contributed by atoms with Gasteiger partial charge in [-0.25, -0.2) is 9.59 Å². The summed E-state index contributed by atoms with van der Waals surface area (Å²) in [4.78, 5) is 42.3. The summed E-state index contributed by atoms with van der Waals surface area (Å²) in [6.45, 7) is 4.56. The number of hydrogen-bond acceptors (Lipinski definition) is 10. The fourth-order valence-electron chi connectivity index (χ4n) is 17.6. The molecule has 57 heavy (non-hydrogen) atoms. The predicted octanol–water partition coefficient (Wildman–Crippen LogP) is 0.536. The number of aliphatic hydroxyl groups excluding tert-OH is 2. The molecule has 11 nitrogen and oxygen atoms in total. The van der Waals surface area contributed by atoms with Crippen molar-refractivity contribution in [3.8, 4) is 0 Å². The molecule has 12 rings (SSSR count). The number of anilines is 1. The average Bonchev–Trinajstić information content (AvgIpc) is 3.86.